The van der Waals surface area contributed by atoms with Crippen molar-refractivity contribution in [2.24, 2.45) is 0 Å². The van der Waals surface area contributed by atoms with Crippen molar-refractivity contribution in [1.29, 1.82) is 0 Å². The van der Waals surface area contributed by atoms with Crippen molar-refractivity contribution in [3.05, 3.63) is 59.2 Å². The Balaban J connectivity index is 1.65. The number of anilines is 1. The van der Waals surface area contributed by atoms with Gasteiger partial charge in [0.2, 0.25) is 5.89 Å². The molecule has 9 nitrogen and oxygen atoms in total. The number of halogens is 1. The molecule has 0 saturated heterocycles. The second-order valence-corrected chi connectivity index (χ2v) is 10.8. The second-order valence-electron chi connectivity index (χ2n) is 7.86. The summed E-state index contributed by atoms with van der Waals surface area (Å²) in [5, 5.41) is 11.3. The first kappa shape index (κ1) is 23.8. The molecule has 0 bridgehead atoms. The Morgan fingerprint density at radius 1 is 1.06 bits per heavy atom. The molecular weight excluding hydrogens is 476 g/mol. The number of nitrogens with two attached hydrogens (primary N) is 1. The predicted octanol–water partition coefficient (Wildman–Crippen LogP) is 4.00. The van der Waals surface area contributed by atoms with Gasteiger partial charge in [-0.1, -0.05) is 29.8 Å². The van der Waals surface area contributed by atoms with E-state index in [1.54, 1.807) is 44.2 Å². The Labute approximate surface area is 202 Å². The lowest BCUT2D eigenvalue weighted by Gasteiger charge is -2.09. The molecule has 0 atom stereocenters. The van der Waals surface area contributed by atoms with E-state index in [1.165, 1.54) is 6.20 Å². The smallest absolute Gasteiger partial charge is 0.270 e. The largest absolute Gasteiger partial charge is 0.414 e. The molecule has 0 spiro atoms. The maximum absolute atomic E-state index is 12.4. The van der Waals surface area contributed by atoms with Gasteiger partial charge in [-0.3, -0.25) is 0 Å². The minimum absolute atomic E-state index is 0.108. The third-order valence-electron chi connectivity index (χ3n) is 5.19. The number of nitrogens with one attached hydrogen (secondary N) is 1. The van der Waals surface area contributed by atoms with Crippen LogP contribution in [-0.2, 0) is 16.4 Å². The van der Waals surface area contributed by atoms with Gasteiger partial charge in [-0.05, 0) is 50.7 Å². The molecule has 2 heterocycles. The van der Waals surface area contributed by atoms with Gasteiger partial charge in [0, 0.05) is 22.7 Å². The van der Waals surface area contributed by atoms with Crippen molar-refractivity contribution in [2.45, 2.75) is 30.5 Å². The summed E-state index contributed by atoms with van der Waals surface area (Å²) >= 11 is 6.34. The fourth-order valence-corrected chi connectivity index (χ4v) is 4.54. The van der Waals surface area contributed by atoms with Gasteiger partial charge in [-0.15, -0.1) is 10.2 Å². The Morgan fingerprint density at radius 2 is 1.74 bits per heavy atom. The zero-order chi connectivity index (χ0) is 24.5. The molecule has 34 heavy (non-hydrogen) atoms. The molecule has 0 aliphatic rings. The topological polar surface area (TPSA) is 137 Å². The van der Waals surface area contributed by atoms with Crippen LogP contribution in [0.25, 0.3) is 34.3 Å². The van der Waals surface area contributed by atoms with Crippen LogP contribution in [0.4, 0.5) is 5.82 Å². The Kier molecular flexibility index (Phi) is 6.65. The first-order valence-corrected chi connectivity index (χ1v) is 12.4. The lowest BCUT2D eigenvalue weighted by molar-refractivity contribution is 0.582. The number of nitrogens with zero attached hydrogens (tertiary/aromatic N) is 4. The van der Waals surface area contributed by atoms with Crippen LogP contribution < -0.4 is 11.1 Å². The normalized spacial score (nSPS) is 11.8. The molecular formula is C23H23ClN6O3S. The standard InChI is InChI=1S/C23H23ClN6O3S/c1-13(2)34(31,32)17-8-6-14(7-9-17)19-12-27-21(25)20(28-19)23-30-29-22(33-23)15-4-5-16(11-26-3)18(24)10-15/h4-10,12-13,26H,11H2,1-3H3,(H2,25,27). The van der Waals surface area contributed by atoms with Crippen molar-refractivity contribution >= 4 is 27.3 Å². The van der Waals surface area contributed by atoms with E-state index >= 15 is 0 Å². The maximum atomic E-state index is 12.4. The van der Waals surface area contributed by atoms with E-state index < -0.39 is 15.1 Å². The predicted molar refractivity (Wildman–Crippen MR) is 131 cm³/mol. The number of sulfone groups is 1. The molecule has 0 unspecified atom stereocenters. The average Bonchev–Trinajstić information content (AvgIpc) is 3.31. The van der Waals surface area contributed by atoms with Gasteiger partial charge in [0.05, 0.1) is 22.0 Å². The van der Waals surface area contributed by atoms with Crippen LogP contribution in [0.2, 0.25) is 5.02 Å². The Hall–Kier alpha value is -3.34. The summed E-state index contributed by atoms with van der Waals surface area (Å²) in [7, 11) is -1.53. The van der Waals surface area contributed by atoms with Gasteiger partial charge in [0.25, 0.3) is 5.89 Å². The molecule has 0 saturated carbocycles. The number of aromatic nitrogens is 4. The van der Waals surface area contributed by atoms with E-state index in [9.17, 15) is 8.42 Å². The number of rotatable bonds is 7. The van der Waals surface area contributed by atoms with Crippen molar-refractivity contribution in [3.63, 3.8) is 0 Å². The second kappa shape index (κ2) is 9.49. The third kappa shape index (κ3) is 4.65. The number of benzene rings is 2. The van der Waals surface area contributed by atoms with Gasteiger partial charge in [0.15, 0.2) is 21.3 Å². The van der Waals surface area contributed by atoms with Gasteiger partial charge in [0.1, 0.15) is 0 Å². The molecule has 0 amide bonds. The third-order valence-corrected chi connectivity index (χ3v) is 7.72. The highest BCUT2D eigenvalue weighted by Gasteiger charge is 2.20. The van der Waals surface area contributed by atoms with Gasteiger partial charge in [-0.2, -0.15) is 0 Å². The summed E-state index contributed by atoms with van der Waals surface area (Å²) in [6.07, 6.45) is 1.50. The van der Waals surface area contributed by atoms with Crippen LogP contribution in [0.15, 0.2) is 58.0 Å². The van der Waals surface area contributed by atoms with E-state index in [-0.39, 0.29) is 28.2 Å². The highest BCUT2D eigenvalue weighted by molar-refractivity contribution is 7.92. The number of nitrogen functional groups attached to an aromatic ring is 1. The Bertz CT molecular complexity index is 1440. The highest BCUT2D eigenvalue weighted by Crippen LogP contribution is 2.30. The molecule has 0 fully saturated rings. The monoisotopic (exact) mass is 498 g/mol. The molecule has 4 aromatic rings. The molecule has 0 aliphatic carbocycles. The highest BCUT2D eigenvalue weighted by atomic mass is 35.5. The van der Waals surface area contributed by atoms with Crippen LogP contribution in [0, 0.1) is 0 Å². The molecule has 2 aromatic carbocycles. The van der Waals surface area contributed by atoms with E-state index in [4.69, 9.17) is 21.8 Å². The molecule has 3 N–H and O–H groups in total. The SMILES string of the molecule is CNCc1ccc(-c2nnc(-c3nc(-c4ccc(S(=O)(=O)C(C)C)cc4)cnc3N)o2)cc1Cl. The summed E-state index contributed by atoms with van der Waals surface area (Å²) < 4.78 is 30.6. The average molecular weight is 499 g/mol. The van der Waals surface area contributed by atoms with Crippen molar-refractivity contribution in [3.8, 4) is 34.3 Å². The summed E-state index contributed by atoms with van der Waals surface area (Å²) in [6, 6.07) is 11.9. The van der Waals surface area contributed by atoms with Crippen molar-refractivity contribution in [2.75, 3.05) is 12.8 Å². The molecule has 2 aromatic heterocycles. The first-order chi connectivity index (χ1) is 16.2. The fourth-order valence-electron chi connectivity index (χ4n) is 3.23. The summed E-state index contributed by atoms with van der Waals surface area (Å²) in [6.45, 7) is 3.92. The molecule has 4 rings (SSSR count). The number of hydrogen-bond donors (Lipinski definition) is 2. The van der Waals surface area contributed by atoms with Crippen molar-refractivity contribution < 1.29 is 12.8 Å². The van der Waals surface area contributed by atoms with Crippen LogP contribution >= 0.6 is 11.6 Å². The van der Waals surface area contributed by atoms with Gasteiger partial charge >= 0.3 is 0 Å². The quantitative estimate of drug-likeness (QED) is 0.387. The summed E-state index contributed by atoms with van der Waals surface area (Å²) in [5.41, 5.74) is 9.02. The zero-order valence-electron chi connectivity index (χ0n) is 18.8. The van der Waals surface area contributed by atoms with Crippen LogP contribution in [0.3, 0.4) is 0 Å². The molecule has 0 radical (unpaired) electrons. The van der Waals surface area contributed by atoms with Crippen molar-refractivity contribution in [1.82, 2.24) is 25.5 Å². The van der Waals surface area contributed by atoms with Crippen LogP contribution in [0.5, 0.6) is 0 Å². The minimum atomic E-state index is -3.37. The summed E-state index contributed by atoms with van der Waals surface area (Å²) in [4.78, 5) is 8.98. The fraction of sp³-hybridized carbons (Fsp3) is 0.217. The molecule has 176 valence electrons. The maximum Gasteiger partial charge on any atom is 0.270 e. The zero-order valence-corrected chi connectivity index (χ0v) is 20.4. The lowest BCUT2D eigenvalue weighted by atomic mass is 10.1. The first-order valence-electron chi connectivity index (χ1n) is 10.4. The Morgan fingerprint density at radius 3 is 2.38 bits per heavy atom. The minimum Gasteiger partial charge on any atom is -0.414 e. The molecule has 11 heteroatoms. The van der Waals surface area contributed by atoms with E-state index in [1.807, 2.05) is 19.2 Å². The number of hydrogen-bond acceptors (Lipinski definition) is 9. The van der Waals surface area contributed by atoms with E-state index in [0.717, 1.165) is 5.56 Å². The van der Waals surface area contributed by atoms with Gasteiger partial charge < -0.3 is 15.5 Å². The summed E-state index contributed by atoms with van der Waals surface area (Å²) in [5.74, 6) is 0.499. The van der Waals surface area contributed by atoms with Crippen LogP contribution in [-0.4, -0.2) is 40.9 Å². The molecule has 0 aliphatic heterocycles. The lowest BCUT2D eigenvalue weighted by Crippen LogP contribution is -2.13. The van der Waals surface area contributed by atoms with E-state index in [2.05, 4.69) is 25.5 Å². The van der Waals surface area contributed by atoms with E-state index in [0.29, 0.717) is 28.4 Å². The van der Waals surface area contributed by atoms with Crippen LogP contribution in [0.1, 0.15) is 19.4 Å². The van der Waals surface area contributed by atoms with Gasteiger partial charge in [-0.25, -0.2) is 18.4 Å².